The van der Waals surface area contributed by atoms with Crippen LogP contribution in [0.15, 0.2) is 30.3 Å². The Morgan fingerprint density at radius 3 is 2.89 bits per heavy atom. The van der Waals surface area contributed by atoms with E-state index in [2.05, 4.69) is 30.2 Å². The summed E-state index contributed by atoms with van der Waals surface area (Å²) in [5.41, 5.74) is 3.84. The molecular formula is C16H20N2O. The fourth-order valence-electron chi connectivity index (χ4n) is 3.06. The molecule has 1 aromatic carbocycles. The molecule has 0 bridgehead atoms. The normalized spacial score (nSPS) is 21.6. The number of hydrogen-bond acceptors (Lipinski definition) is 2. The third kappa shape index (κ3) is 2.08. The molecule has 0 fully saturated rings. The van der Waals surface area contributed by atoms with Crippen molar-refractivity contribution in [1.29, 1.82) is 0 Å². The number of rotatable bonds is 3. The van der Waals surface area contributed by atoms with E-state index in [1.165, 1.54) is 5.56 Å². The smallest absolute Gasteiger partial charge is 0.0957 e. The number of benzene rings is 1. The standard InChI is InChI=1S/C16H20N2O/c1-3-13-10-14(18(2)17-13)11-16(19)9-8-12-6-4-5-7-15(12)16/h4-7,10,19H,3,8-9,11H2,1-2H3. The zero-order chi connectivity index (χ0) is 13.5. The minimum atomic E-state index is -0.727. The Bertz CT molecular complexity index is 603. The first kappa shape index (κ1) is 12.4. The van der Waals surface area contributed by atoms with Crippen molar-refractivity contribution in [3.05, 3.63) is 52.8 Å². The van der Waals surface area contributed by atoms with E-state index >= 15 is 0 Å². The molecule has 0 radical (unpaired) electrons. The molecule has 0 aliphatic heterocycles. The van der Waals surface area contributed by atoms with Crippen LogP contribution in [0.3, 0.4) is 0 Å². The average molecular weight is 256 g/mol. The quantitative estimate of drug-likeness (QED) is 0.915. The van der Waals surface area contributed by atoms with E-state index in [-0.39, 0.29) is 0 Å². The van der Waals surface area contributed by atoms with Crippen LogP contribution in [0.5, 0.6) is 0 Å². The van der Waals surface area contributed by atoms with E-state index in [0.29, 0.717) is 6.42 Å². The third-order valence-electron chi connectivity index (χ3n) is 4.19. The second kappa shape index (κ2) is 4.49. The number of fused-ring (bicyclic) bond motifs is 1. The molecule has 2 aromatic rings. The van der Waals surface area contributed by atoms with Gasteiger partial charge in [-0.15, -0.1) is 0 Å². The lowest BCUT2D eigenvalue weighted by Gasteiger charge is -2.24. The van der Waals surface area contributed by atoms with Crippen LogP contribution in [0.25, 0.3) is 0 Å². The lowest BCUT2D eigenvalue weighted by molar-refractivity contribution is 0.0371. The van der Waals surface area contributed by atoms with Gasteiger partial charge in [-0.2, -0.15) is 5.10 Å². The van der Waals surface area contributed by atoms with Crippen molar-refractivity contribution in [2.45, 2.75) is 38.2 Å². The van der Waals surface area contributed by atoms with Crippen LogP contribution in [0.1, 0.15) is 35.9 Å². The molecule has 1 heterocycles. The van der Waals surface area contributed by atoms with Crippen molar-refractivity contribution in [1.82, 2.24) is 9.78 Å². The van der Waals surface area contributed by atoms with Gasteiger partial charge in [-0.25, -0.2) is 0 Å². The van der Waals surface area contributed by atoms with Crippen molar-refractivity contribution in [3.8, 4) is 0 Å². The molecule has 0 saturated carbocycles. The van der Waals surface area contributed by atoms with Gasteiger partial charge in [0.2, 0.25) is 0 Å². The lowest BCUT2D eigenvalue weighted by Crippen LogP contribution is -2.26. The minimum Gasteiger partial charge on any atom is -0.385 e. The van der Waals surface area contributed by atoms with Crippen LogP contribution in [0.4, 0.5) is 0 Å². The molecule has 1 aromatic heterocycles. The fourth-order valence-corrected chi connectivity index (χ4v) is 3.06. The highest BCUT2D eigenvalue weighted by atomic mass is 16.3. The molecule has 1 aliphatic carbocycles. The Morgan fingerprint density at radius 1 is 1.37 bits per heavy atom. The number of hydrogen-bond donors (Lipinski definition) is 1. The van der Waals surface area contributed by atoms with Gasteiger partial charge in [0.05, 0.1) is 11.3 Å². The SMILES string of the molecule is CCc1cc(CC2(O)CCc3ccccc32)n(C)n1. The van der Waals surface area contributed by atoms with E-state index in [4.69, 9.17) is 0 Å². The van der Waals surface area contributed by atoms with E-state index < -0.39 is 5.60 Å². The number of aromatic nitrogens is 2. The van der Waals surface area contributed by atoms with E-state index in [1.54, 1.807) is 0 Å². The summed E-state index contributed by atoms with van der Waals surface area (Å²) in [7, 11) is 1.96. The summed E-state index contributed by atoms with van der Waals surface area (Å²) in [4.78, 5) is 0. The van der Waals surface area contributed by atoms with Crippen LogP contribution in [-0.2, 0) is 31.9 Å². The van der Waals surface area contributed by atoms with Gasteiger partial charge >= 0.3 is 0 Å². The minimum absolute atomic E-state index is 0.646. The maximum absolute atomic E-state index is 11.0. The fraction of sp³-hybridized carbons (Fsp3) is 0.438. The van der Waals surface area contributed by atoms with Crippen molar-refractivity contribution in [3.63, 3.8) is 0 Å². The maximum Gasteiger partial charge on any atom is 0.0957 e. The van der Waals surface area contributed by atoms with Crippen LogP contribution >= 0.6 is 0 Å². The molecule has 3 rings (SSSR count). The molecule has 0 saturated heterocycles. The molecule has 0 spiro atoms. The van der Waals surface area contributed by atoms with Gasteiger partial charge < -0.3 is 5.11 Å². The Morgan fingerprint density at radius 2 is 2.16 bits per heavy atom. The van der Waals surface area contributed by atoms with Gasteiger partial charge in [0.1, 0.15) is 0 Å². The van der Waals surface area contributed by atoms with Gasteiger partial charge in [0.15, 0.2) is 0 Å². The lowest BCUT2D eigenvalue weighted by atomic mass is 9.91. The molecular weight excluding hydrogens is 236 g/mol. The van der Waals surface area contributed by atoms with E-state index in [9.17, 15) is 5.11 Å². The third-order valence-corrected chi connectivity index (χ3v) is 4.19. The topological polar surface area (TPSA) is 38.0 Å². The van der Waals surface area contributed by atoms with Gasteiger partial charge in [0, 0.05) is 19.2 Å². The van der Waals surface area contributed by atoms with Crippen molar-refractivity contribution in [2.24, 2.45) is 7.05 Å². The molecule has 1 N–H and O–H groups in total. The highest BCUT2D eigenvalue weighted by Gasteiger charge is 2.37. The van der Waals surface area contributed by atoms with Crippen LogP contribution in [0, 0.1) is 0 Å². The largest absolute Gasteiger partial charge is 0.385 e. The van der Waals surface area contributed by atoms with Gasteiger partial charge in [-0.05, 0) is 36.5 Å². The van der Waals surface area contributed by atoms with Crippen molar-refractivity contribution >= 4 is 0 Å². The molecule has 3 nitrogen and oxygen atoms in total. The molecule has 19 heavy (non-hydrogen) atoms. The molecule has 1 aliphatic rings. The first-order chi connectivity index (χ1) is 9.12. The Kier molecular flexibility index (Phi) is 2.94. The summed E-state index contributed by atoms with van der Waals surface area (Å²) in [6, 6.07) is 10.3. The van der Waals surface area contributed by atoms with Crippen LogP contribution < -0.4 is 0 Å². The second-order valence-electron chi connectivity index (χ2n) is 5.47. The Balaban J connectivity index is 1.93. The zero-order valence-corrected chi connectivity index (χ0v) is 11.6. The molecule has 3 heteroatoms. The number of nitrogens with zero attached hydrogens (tertiary/aromatic N) is 2. The second-order valence-corrected chi connectivity index (χ2v) is 5.47. The first-order valence-electron chi connectivity index (χ1n) is 6.95. The van der Waals surface area contributed by atoms with Crippen LogP contribution in [0.2, 0.25) is 0 Å². The summed E-state index contributed by atoms with van der Waals surface area (Å²) in [6.45, 7) is 2.10. The van der Waals surface area contributed by atoms with Gasteiger partial charge in [-0.1, -0.05) is 31.2 Å². The predicted octanol–water partition coefficient (Wildman–Crippen LogP) is 2.36. The molecule has 100 valence electrons. The average Bonchev–Trinajstić information content (AvgIpc) is 2.93. The highest BCUT2D eigenvalue weighted by Crippen LogP contribution is 2.39. The highest BCUT2D eigenvalue weighted by molar-refractivity contribution is 5.38. The maximum atomic E-state index is 11.0. The number of aliphatic hydroxyl groups is 1. The van der Waals surface area contributed by atoms with E-state index in [1.807, 2.05) is 23.9 Å². The van der Waals surface area contributed by atoms with Crippen molar-refractivity contribution < 1.29 is 5.11 Å². The number of aryl methyl sites for hydroxylation is 3. The molecule has 1 unspecified atom stereocenters. The predicted molar refractivity (Wildman–Crippen MR) is 74.9 cm³/mol. The zero-order valence-electron chi connectivity index (χ0n) is 11.6. The van der Waals surface area contributed by atoms with Gasteiger partial charge in [0.25, 0.3) is 0 Å². The first-order valence-corrected chi connectivity index (χ1v) is 6.95. The summed E-state index contributed by atoms with van der Waals surface area (Å²) < 4.78 is 1.90. The molecule has 0 amide bonds. The summed E-state index contributed by atoms with van der Waals surface area (Å²) in [5, 5.41) is 15.4. The summed E-state index contributed by atoms with van der Waals surface area (Å²) in [5.74, 6) is 0. The monoisotopic (exact) mass is 256 g/mol. The Labute approximate surface area is 113 Å². The summed E-state index contributed by atoms with van der Waals surface area (Å²) >= 11 is 0. The van der Waals surface area contributed by atoms with E-state index in [0.717, 1.165) is 36.2 Å². The Hall–Kier alpha value is -1.61. The van der Waals surface area contributed by atoms with Gasteiger partial charge in [-0.3, -0.25) is 4.68 Å². The van der Waals surface area contributed by atoms with Crippen molar-refractivity contribution in [2.75, 3.05) is 0 Å². The molecule has 1 atom stereocenters. The van der Waals surface area contributed by atoms with Crippen LogP contribution in [-0.4, -0.2) is 14.9 Å². The summed E-state index contributed by atoms with van der Waals surface area (Å²) in [6.07, 6.45) is 3.35.